The van der Waals surface area contributed by atoms with E-state index in [1.807, 2.05) is 0 Å². The monoisotopic (exact) mass is 520 g/mol. The van der Waals surface area contributed by atoms with E-state index in [1.165, 1.54) is 0 Å². The van der Waals surface area contributed by atoms with Crippen LogP contribution in [0.1, 0.15) is 6.42 Å². The fraction of sp³-hybridized carbons (Fsp3) is 0.913. The van der Waals surface area contributed by atoms with E-state index in [4.69, 9.17) is 9.47 Å². The molecule has 14 fully saturated rings. The zero-order valence-electron chi connectivity index (χ0n) is 15.7. The van der Waals surface area contributed by atoms with Gasteiger partial charge in [-0.05, 0) is 89.3 Å². The van der Waals surface area contributed by atoms with Gasteiger partial charge in [-0.15, -0.1) is 0 Å². The van der Waals surface area contributed by atoms with Crippen molar-refractivity contribution in [1.29, 1.82) is 0 Å². The molecule has 0 radical (unpaired) electrons. The number of ether oxygens (including phenoxy) is 2. The van der Waals surface area contributed by atoms with Gasteiger partial charge in [-0.25, -0.2) is 0 Å². The van der Waals surface area contributed by atoms with Crippen molar-refractivity contribution in [2.45, 2.75) is 16.1 Å². The molecule has 2 heterocycles. The van der Waals surface area contributed by atoms with Gasteiger partial charge >= 0.3 is 11.9 Å². The molecule has 2 aliphatic heterocycles. The second kappa shape index (κ2) is 4.07. The predicted molar refractivity (Wildman–Crippen MR) is 106 cm³/mol. The smallest absolute Gasteiger partial charge is 0.321 e. The fourth-order valence-corrected chi connectivity index (χ4v) is 16.6. The molecule has 152 valence electrons. The lowest BCUT2D eigenvalue weighted by molar-refractivity contribution is -0.334. The summed E-state index contributed by atoms with van der Waals surface area (Å²) in [4.78, 5) is 28.3. The molecule has 6 heteroatoms. The molecule has 0 aromatic heterocycles. The first kappa shape index (κ1) is 15.8. The lowest BCUT2D eigenvalue weighted by atomic mass is 9.22. The van der Waals surface area contributed by atoms with Crippen LogP contribution in [-0.2, 0) is 19.1 Å². The van der Waals surface area contributed by atoms with E-state index < -0.39 is 10.8 Å². The Kier molecular flexibility index (Phi) is 2.22. The second-order valence-electron chi connectivity index (χ2n) is 12.3. The highest BCUT2D eigenvalue weighted by molar-refractivity contribution is 9.09. The summed E-state index contributed by atoms with van der Waals surface area (Å²) in [5, 5.41) is 0. The van der Waals surface area contributed by atoms with E-state index in [0.29, 0.717) is 92.5 Å². The van der Waals surface area contributed by atoms with Crippen LogP contribution in [0.2, 0.25) is 0 Å². The minimum atomic E-state index is -0.496. The lowest BCUT2D eigenvalue weighted by Gasteiger charge is -2.81. The van der Waals surface area contributed by atoms with Crippen molar-refractivity contribution in [2.75, 3.05) is 13.2 Å². The Morgan fingerprint density at radius 3 is 2.03 bits per heavy atom. The Morgan fingerprint density at radius 1 is 0.690 bits per heavy atom. The highest BCUT2D eigenvalue weighted by atomic mass is 79.9. The SMILES string of the molecule is O=C1OC(=O)C23C4CC5C(Br)C4C4C6C7C(Br)C8C9COCC9C7C(C8C6C152)C43. The van der Waals surface area contributed by atoms with Crippen LogP contribution in [0.5, 0.6) is 0 Å². The van der Waals surface area contributed by atoms with E-state index in [9.17, 15) is 9.59 Å². The Bertz CT molecular complexity index is 984. The summed E-state index contributed by atoms with van der Waals surface area (Å²) < 4.78 is 11.8. The average Bonchev–Trinajstić information content (AvgIpc) is 3.44. The van der Waals surface area contributed by atoms with Crippen molar-refractivity contribution in [1.82, 2.24) is 0 Å². The Labute approximate surface area is 185 Å². The molecule has 0 aromatic rings. The van der Waals surface area contributed by atoms with Gasteiger partial charge < -0.3 is 9.47 Å². The van der Waals surface area contributed by atoms with Crippen LogP contribution < -0.4 is 0 Å². The van der Waals surface area contributed by atoms with Crippen LogP contribution in [-0.4, -0.2) is 34.8 Å². The highest BCUT2D eigenvalue weighted by Gasteiger charge is 3.00. The number of fused-ring (bicyclic) bond motifs is 1. The molecular weight excluding hydrogens is 500 g/mol. The normalized spacial score (nSPS) is 79.5. The summed E-state index contributed by atoms with van der Waals surface area (Å²) in [7, 11) is 0. The van der Waals surface area contributed by atoms with Crippen LogP contribution in [0.3, 0.4) is 0 Å². The van der Waals surface area contributed by atoms with Gasteiger partial charge in [0.25, 0.3) is 0 Å². The first-order valence-electron chi connectivity index (χ1n) is 11.7. The molecule has 0 amide bonds. The molecule has 1 spiro atoms. The van der Waals surface area contributed by atoms with Crippen LogP contribution in [0.4, 0.5) is 0 Å². The third-order valence-corrected chi connectivity index (χ3v) is 15.6. The maximum atomic E-state index is 13.7. The number of carbonyl (C=O) groups excluding carboxylic acids is 2. The first-order chi connectivity index (χ1) is 14.1. The fourth-order valence-electron chi connectivity index (χ4n) is 13.8. The van der Waals surface area contributed by atoms with Crippen molar-refractivity contribution < 1.29 is 19.1 Å². The zero-order chi connectivity index (χ0) is 18.9. The van der Waals surface area contributed by atoms with Gasteiger partial charge in [-0.1, -0.05) is 31.9 Å². The molecule has 12 saturated carbocycles. The van der Waals surface area contributed by atoms with E-state index >= 15 is 0 Å². The van der Waals surface area contributed by atoms with Crippen molar-refractivity contribution in [3.63, 3.8) is 0 Å². The summed E-state index contributed by atoms with van der Waals surface area (Å²) in [5.74, 6) is 7.76. The van der Waals surface area contributed by atoms with Crippen LogP contribution in [0, 0.1) is 93.7 Å². The van der Waals surface area contributed by atoms with Gasteiger partial charge in [0, 0.05) is 9.65 Å². The third-order valence-electron chi connectivity index (χ3n) is 13.2. The van der Waals surface area contributed by atoms with E-state index in [2.05, 4.69) is 31.9 Å². The van der Waals surface area contributed by atoms with Gasteiger partial charge in [0.15, 0.2) is 0 Å². The number of hydrogen-bond acceptors (Lipinski definition) is 4. The number of alkyl halides is 2. The summed E-state index contributed by atoms with van der Waals surface area (Å²) >= 11 is 8.35. The molecule has 29 heavy (non-hydrogen) atoms. The van der Waals surface area contributed by atoms with E-state index in [1.54, 1.807) is 0 Å². The number of carbonyl (C=O) groups is 2. The molecule has 12 bridgehead atoms. The standard InChI is InChI=1S/C23H22Br2O4/c24-18-7-1-6-10(18)13-14-15-8-4-2-28-3-5(4)9(19(15)25)12-11(8)16(13)22(6)20(26)29-21(27)23(7,22)17(12)14/h4-19H,1-3H2. The maximum Gasteiger partial charge on any atom is 0.321 e. The van der Waals surface area contributed by atoms with Crippen LogP contribution in [0.25, 0.3) is 0 Å². The van der Waals surface area contributed by atoms with Gasteiger partial charge in [0.1, 0.15) is 0 Å². The maximum absolute atomic E-state index is 13.7. The summed E-state index contributed by atoms with van der Waals surface area (Å²) in [5.41, 5.74) is -0.945. The minimum Gasteiger partial charge on any atom is -0.392 e. The number of hydrogen-bond donors (Lipinski definition) is 0. The zero-order valence-corrected chi connectivity index (χ0v) is 18.9. The minimum absolute atomic E-state index is 0.0942. The molecule has 0 aromatic carbocycles. The summed E-state index contributed by atoms with van der Waals surface area (Å²) in [6, 6.07) is 0. The number of rotatable bonds is 0. The molecule has 4 nitrogen and oxygen atoms in total. The molecule has 14 rings (SSSR count). The molecular formula is C23H22Br2O4. The van der Waals surface area contributed by atoms with Crippen molar-refractivity contribution >= 4 is 43.8 Å². The van der Waals surface area contributed by atoms with Gasteiger partial charge in [0.2, 0.25) is 0 Å². The van der Waals surface area contributed by atoms with Gasteiger partial charge in [0.05, 0.1) is 24.0 Å². The highest BCUT2D eigenvalue weighted by Crippen LogP contribution is 2.97. The lowest BCUT2D eigenvalue weighted by Crippen LogP contribution is -2.82. The molecule has 18 unspecified atom stereocenters. The predicted octanol–water partition coefficient (Wildman–Crippen LogP) is 2.73. The topological polar surface area (TPSA) is 52.6 Å². The molecule has 14 aliphatic rings. The second-order valence-corrected chi connectivity index (χ2v) is 14.4. The number of esters is 2. The molecule has 18 atom stereocenters. The van der Waals surface area contributed by atoms with Gasteiger partial charge in [-0.2, -0.15) is 0 Å². The van der Waals surface area contributed by atoms with Crippen LogP contribution in [0.15, 0.2) is 0 Å². The summed E-state index contributed by atoms with van der Waals surface area (Å²) in [6.07, 6.45) is 1.09. The third kappa shape index (κ3) is 1.04. The molecule has 0 N–H and O–H groups in total. The number of cyclic esters (lactones) is 2. The average molecular weight is 522 g/mol. The first-order valence-corrected chi connectivity index (χ1v) is 13.5. The Hall–Kier alpha value is 0.0600. The molecule has 2 saturated heterocycles. The molecule has 12 aliphatic carbocycles. The van der Waals surface area contributed by atoms with Crippen molar-refractivity contribution in [3.05, 3.63) is 0 Å². The van der Waals surface area contributed by atoms with Gasteiger partial charge in [-0.3, -0.25) is 9.59 Å². The van der Waals surface area contributed by atoms with E-state index in [-0.39, 0.29) is 11.9 Å². The Morgan fingerprint density at radius 2 is 1.28 bits per heavy atom. The Balaban J connectivity index is 1.34. The summed E-state index contributed by atoms with van der Waals surface area (Å²) in [6.45, 7) is 1.84. The van der Waals surface area contributed by atoms with E-state index in [0.717, 1.165) is 19.6 Å². The largest absolute Gasteiger partial charge is 0.392 e. The quantitative estimate of drug-likeness (QED) is 0.279. The van der Waals surface area contributed by atoms with Crippen molar-refractivity contribution in [2.24, 2.45) is 93.7 Å². The van der Waals surface area contributed by atoms with Crippen molar-refractivity contribution in [3.8, 4) is 0 Å². The number of halogens is 2. The van der Waals surface area contributed by atoms with Crippen LogP contribution >= 0.6 is 31.9 Å².